The molecule has 1 aromatic carbocycles. The number of hydrogen-bond donors (Lipinski definition) is 2. The summed E-state index contributed by atoms with van der Waals surface area (Å²) in [6, 6.07) is 11.0. The third-order valence-electron chi connectivity index (χ3n) is 5.50. The Morgan fingerprint density at radius 3 is 2.70 bits per heavy atom. The molecule has 3 atom stereocenters. The fraction of sp³-hybridized carbons (Fsp3) is 0.632. The SMILES string of the molecule is CC1CN(Cc2ccccc2)CCC1NC(=O)C(C)C1CNC1. The summed E-state index contributed by atoms with van der Waals surface area (Å²) in [5.41, 5.74) is 1.37. The van der Waals surface area contributed by atoms with Crippen LogP contribution in [0.4, 0.5) is 0 Å². The van der Waals surface area contributed by atoms with Crippen LogP contribution in [0.5, 0.6) is 0 Å². The second kappa shape index (κ2) is 7.45. The Morgan fingerprint density at radius 1 is 1.35 bits per heavy atom. The van der Waals surface area contributed by atoms with E-state index in [9.17, 15) is 4.79 Å². The number of hydrogen-bond acceptors (Lipinski definition) is 3. The molecule has 2 fully saturated rings. The predicted octanol–water partition coefficient (Wildman–Crippen LogP) is 1.87. The van der Waals surface area contributed by atoms with E-state index in [4.69, 9.17) is 0 Å². The summed E-state index contributed by atoms with van der Waals surface area (Å²) >= 11 is 0. The first-order valence-corrected chi connectivity index (χ1v) is 8.91. The number of nitrogens with zero attached hydrogens (tertiary/aromatic N) is 1. The van der Waals surface area contributed by atoms with Crippen molar-refractivity contribution in [2.45, 2.75) is 32.9 Å². The lowest BCUT2D eigenvalue weighted by atomic mass is 9.87. The zero-order valence-electron chi connectivity index (χ0n) is 14.3. The summed E-state index contributed by atoms with van der Waals surface area (Å²) in [5, 5.41) is 6.56. The van der Waals surface area contributed by atoms with Crippen LogP contribution < -0.4 is 10.6 Å². The molecule has 0 aliphatic carbocycles. The molecule has 2 saturated heterocycles. The van der Waals surface area contributed by atoms with Crippen molar-refractivity contribution >= 4 is 5.91 Å². The minimum Gasteiger partial charge on any atom is -0.353 e. The van der Waals surface area contributed by atoms with E-state index in [1.807, 2.05) is 0 Å². The van der Waals surface area contributed by atoms with Crippen LogP contribution in [0.2, 0.25) is 0 Å². The summed E-state index contributed by atoms with van der Waals surface area (Å²) in [7, 11) is 0. The van der Waals surface area contributed by atoms with Gasteiger partial charge in [0, 0.05) is 31.6 Å². The van der Waals surface area contributed by atoms with Crippen LogP contribution in [0.25, 0.3) is 0 Å². The van der Waals surface area contributed by atoms with Crippen LogP contribution in [-0.4, -0.2) is 43.0 Å². The second-order valence-electron chi connectivity index (χ2n) is 7.31. The van der Waals surface area contributed by atoms with E-state index in [2.05, 4.69) is 59.7 Å². The van der Waals surface area contributed by atoms with Gasteiger partial charge in [-0.1, -0.05) is 44.2 Å². The Morgan fingerprint density at radius 2 is 2.09 bits per heavy atom. The van der Waals surface area contributed by atoms with Crippen LogP contribution in [0.15, 0.2) is 30.3 Å². The van der Waals surface area contributed by atoms with Gasteiger partial charge in [0.15, 0.2) is 0 Å². The van der Waals surface area contributed by atoms with Crippen molar-refractivity contribution in [1.82, 2.24) is 15.5 Å². The largest absolute Gasteiger partial charge is 0.353 e. The second-order valence-corrected chi connectivity index (χ2v) is 7.31. The van der Waals surface area contributed by atoms with Crippen molar-refractivity contribution in [2.75, 3.05) is 26.2 Å². The predicted molar refractivity (Wildman–Crippen MR) is 93.0 cm³/mol. The number of carbonyl (C=O) groups is 1. The molecular weight excluding hydrogens is 286 g/mol. The zero-order valence-corrected chi connectivity index (χ0v) is 14.3. The van der Waals surface area contributed by atoms with Crippen LogP contribution in [0, 0.1) is 17.8 Å². The molecule has 0 radical (unpaired) electrons. The average Bonchev–Trinajstić information content (AvgIpc) is 2.49. The Kier molecular flexibility index (Phi) is 5.34. The topological polar surface area (TPSA) is 44.4 Å². The fourth-order valence-electron chi connectivity index (χ4n) is 3.62. The van der Waals surface area contributed by atoms with Crippen LogP contribution in [0.3, 0.4) is 0 Å². The van der Waals surface area contributed by atoms with E-state index in [0.29, 0.717) is 17.9 Å². The molecule has 0 bridgehead atoms. The van der Waals surface area contributed by atoms with Crippen LogP contribution in [0.1, 0.15) is 25.8 Å². The molecule has 23 heavy (non-hydrogen) atoms. The van der Waals surface area contributed by atoms with Gasteiger partial charge in [-0.2, -0.15) is 0 Å². The smallest absolute Gasteiger partial charge is 0.223 e. The van der Waals surface area contributed by atoms with Crippen molar-refractivity contribution in [3.05, 3.63) is 35.9 Å². The standard InChI is InChI=1S/C19H29N3O/c1-14-12-22(13-16-6-4-3-5-7-16)9-8-18(14)21-19(23)15(2)17-10-20-11-17/h3-7,14-15,17-18,20H,8-13H2,1-2H3,(H,21,23). The Balaban J connectivity index is 1.47. The third kappa shape index (κ3) is 4.12. The maximum absolute atomic E-state index is 12.4. The minimum atomic E-state index is 0.130. The first-order chi connectivity index (χ1) is 11.1. The summed E-state index contributed by atoms with van der Waals surface area (Å²) < 4.78 is 0. The van der Waals surface area contributed by atoms with Gasteiger partial charge in [0.05, 0.1) is 0 Å². The molecule has 0 aromatic heterocycles. The van der Waals surface area contributed by atoms with Crippen LogP contribution in [-0.2, 0) is 11.3 Å². The Labute approximate surface area is 139 Å². The van der Waals surface area contributed by atoms with E-state index in [-0.39, 0.29) is 11.8 Å². The molecule has 2 aliphatic rings. The first-order valence-electron chi connectivity index (χ1n) is 8.91. The van der Waals surface area contributed by atoms with Gasteiger partial charge in [-0.25, -0.2) is 0 Å². The highest BCUT2D eigenvalue weighted by Crippen LogP contribution is 2.21. The van der Waals surface area contributed by atoms with Crippen molar-refractivity contribution in [1.29, 1.82) is 0 Å². The molecule has 2 heterocycles. The lowest BCUT2D eigenvalue weighted by molar-refractivity contribution is -0.128. The molecule has 0 spiro atoms. The molecule has 1 amide bonds. The Hall–Kier alpha value is -1.39. The van der Waals surface area contributed by atoms with E-state index in [1.165, 1.54) is 5.56 Å². The highest BCUT2D eigenvalue weighted by molar-refractivity contribution is 5.79. The number of nitrogens with one attached hydrogen (secondary N) is 2. The van der Waals surface area contributed by atoms with Crippen molar-refractivity contribution < 1.29 is 4.79 Å². The fourth-order valence-corrected chi connectivity index (χ4v) is 3.62. The van der Waals surface area contributed by atoms with Crippen molar-refractivity contribution in [2.24, 2.45) is 17.8 Å². The monoisotopic (exact) mass is 315 g/mol. The van der Waals surface area contributed by atoms with Gasteiger partial charge in [-0.3, -0.25) is 9.69 Å². The van der Waals surface area contributed by atoms with Gasteiger partial charge in [0.1, 0.15) is 0 Å². The lowest BCUT2D eigenvalue weighted by Gasteiger charge is -2.39. The summed E-state index contributed by atoms with van der Waals surface area (Å²) in [6.45, 7) is 9.42. The number of likely N-dealkylation sites (tertiary alicyclic amines) is 1. The van der Waals surface area contributed by atoms with E-state index < -0.39 is 0 Å². The molecule has 2 N–H and O–H groups in total. The molecule has 2 aliphatic heterocycles. The zero-order chi connectivity index (χ0) is 16.2. The summed E-state index contributed by atoms with van der Waals surface area (Å²) in [4.78, 5) is 14.9. The number of rotatable bonds is 5. The third-order valence-corrected chi connectivity index (χ3v) is 5.50. The summed E-state index contributed by atoms with van der Waals surface area (Å²) in [5.74, 6) is 1.39. The molecule has 3 unspecified atom stereocenters. The first kappa shape index (κ1) is 16.5. The lowest BCUT2D eigenvalue weighted by Crippen LogP contribution is -2.54. The van der Waals surface area contributed by atoms with Gasteiger partial charge in [-0.15, -0.1) is 0 Å². The van der Waals surface area contributed by atoms with Gasteiger partial charge in [0.2, 0.25) is 5.91 Å². The maximum Gasteiger partial charge on any atom is 0.223 e. The number of benzene rings is 1. The minimum absolute atomic E-state index is 0.130. The van der Waals surface area contributed by atoms with Gasteiger partial charge in [-0.05, 0) is 36.9 Å². The normalized spacial score (nSPS) is 27.2. The maximum atomic E-state index is 12.4. The molecule has 4 nitrogen and oxygen atoms in total. The number of piperidine rings is 1. The number of amides is 1. The van der Waals surface area contributed by atoms with Crippen LogP contribution >= 0.6 is 0 Å². The summed E-state index contributed by atoms with van der Waals surface area (Å²) in [6.07, 6.45) is 1.05. The van der Waals surface area contributed by atoms with E-state index in [1.54, 1.807) is 0 Å². The van der Waals surface area contributed by atoms with Crippen molar-refractivity contribution in [3.8, 4) is 0 Å². The Bertz CT molecular complexity index is 515. The molecule has 3 rings (SSSR count). The molecule has 4 heteroatoms. The molecular formula is C19H29N3O. The highest BCUT2D eigenvalue weighted by atomic mass is 16.2. The molecule has 126 valence electrons. The number of carbonyl (C=O) groups excluding carboxylic acids is 1. The van der Waals surface area contributed by atoms with E-state index >= 15 is 0 Å². The average molecular weight is 315 g/mol. The molecule has 0 saturated carbocycles. The highest BCUT2D eigenvalue weighted by Gasteiger charge is 2.32. The quantitative estimate of drug-likeness (QED) is 0.872. The van der Waals surface area contributed by atoms with Gasteiger partial charge >= 0.3 is 0 Å². The van der Waals surface area contributed by atoms with Gasteiger partial charge in [0.25, 0.3) is 0 Å². The van der Waals surface area contributed by atoms with E-state index in [0.717, 1.165) is 39.1 Å². The molecule has 1 aromatic rings. The van der Waals surface area contributed by atoms with Crippen molar-refractivity contribution in [3.63, 3.8) is 0 Å². The van der Waals surface area contributed by atoms with Gasteiger partial charge < -0.3 is 10.6 Å².